The van der Waals surface area contributed by atoms with E-state index in [1.165, 1.54) is 0 Å². The molecule has 0 atom stereocenters. The summed E-state index contributed by atoms with van der Waals surface area (Å²) in [6.45, 7) is 4.97. The molecule has 0 aliphatic carbocycles. The van der Waals surface area contributed by atoms with Gasteiger partial charge in [0.05, 0.1) is 11.6 Å². The van der Waals surface area contributed by atoms with Crippen LogP contribution >= 0.6 is 23.2 Å². The number of hydrogen-bond donors (Lipinski definition) is 1. The highest BCUT2D eigenvalue weighted by Crippen LogP contribution is 2.27. The molecular weight excluding hydrogens is 349 g/mol. The first-order valence-corrected chi connectivity index (χ1v) is 8.57. The maximum Gasteiger partial charge on any atom is 0.138 e. The molecule has 0 amide bonds. The Morgan fingerprint density at radius 3 is 2.42 bits per heavy atom. The molecule has 0 aromatic heterocycles. The lowest BCUT2D eigenvalue weighted by atomic mass is 10.3. The zero-order chi connectivity index (χ0) is 17.2. The van der Waals surface area contributed by atoms with Crippen molar-refractivity contribution in [3.63, 3.8) is 0 Å². The highest BCUT2D eigenvalue weighted by molar-refractivity contribution is 6.35. The van der Waals surface area contributed by atoms with Crippen LogP contribution in [0, 0.1) is 0 Å². The van der Waals surface area contributed by atoms with Crippen LogP contribution in [0.3, 0.4) is 0 Å². The number of halogens is 2. The Balaban J connectivity index is 1.68. The molecule has 2 rings (SSSR count). The van der Waals surface area contributed by atoms with Crippen molar-refractivity contribution in [2.45, 2.75) is 6.92 Å². The van der Waals surface area contributed by atoms with Gasteiger partial charge in [-0.3, -0.25) is 0 Å². The zero-order valence-corrected chi connectivity index (χ0v) is 15.1. The van der Waals surface area contributed by atoms with Gasteiger partial charge in [0.1, 0.15) is 24.7 Å². The monoisotopic (exact) mass is 369 g/mol. The average molecular weight is 370 g/mol. The molecule has 6 heteroatoms. The molecule has 0 spiro atoms. The quantitative estimate of drug-likeness (QED) is 0.604. The predicted octanol–water partition coefficient (Wildman–Crippen LogP) is 4.90. The number of nitrogens with one attached hydrogen (secondary N) is 1. The molecule has 0 saturated heterocycles. The van der Waals surface area contributed by atoms with Crippen molar-refractivity contribution < 1.29 is 14.2 Å². The van der Waals surface area contributed by atoms with Gasteiger partial charge in [0.25, 0.3) is 0 Å². The van der Waals surface area contributed by atoms with Crippen molar-refractivity contribution in [2.75, 3.05) is 38.3 Å². The third-order valence-corrected chi connectivity index (χ3v) is 3.67. The minimum Gasteiger partial charge on any atom is -0.491 e. The summed E-state index contributed by atoms with van der Waals surface area (Å²) in [5.74, 6) is 1.45. The number of anilines is 1. The molecule has 0 saturated carbocycles. The third-order valence-electron chi connectivity index (χ3n) is 3.14. The van der Waals surface area contributed by atoms with E-state index in [1.54, 1.807) is 18.2 Å². The molecule has 24 heavy (non-hydrogen) atoms. The van der Waals surface area contributed by atoms with E-state index >= 15 is 0 Å². The number of ether oxygens (including phenoxy) is 3. The molecule has 2 aromatic carbocycles. The maximum atomic E-state index is 6.05. The van der Waals surface area contributed by atoms with Crippen LogP contribution in [0.25, 0.3) is 0 Å². The fourth-order valence-electron chi connectivity index (χ4n) is 1.98. The van der Waals surface area contributed by atoms with Gasteiger partial charge in [-0.15, -0.1) is 0 Å². The van der Waals surface area contributed by atoms with Crippen LogP contribution < -0.4 is 14.8 Å². The van der Waals surface area contributed by atoms with E-state index < -0.39 is 0 Å². The van der Waals surface area contributed by atoms with Crippen LogP contribution in [0.2, 0.25) is 10.0 Å². The summed E-state index contributed by atoms with van der Waals surface area (Å²) in [5, 5.41) is 4.38. The highest BCUT2D eigenvalue weighted by Gasteiger charge is 2.02. The van der Waals surface area contributed by atoms with Gasteiger partial charge >= 0.3 is 0 Å². The first-order valence-electron chi connectivity index (χ1n) is 7.81. The maximum absolute atomic E-state index is 6.05. The predicted molar refractivity (Wildman–Crippen MR) is 98.9 cm³/mol. The van der Waals surface area contributed by atoms with E-state index in [0.29, 0.717) is 48.8 Å². The van der Waals surface area contributed by atoms with Crippen molar-refractivity contribution in [3.8, 4) is 11.5 Å². The SMILES string of the molecule is CCOCCOc1ccc(NCCOc2ccc(Cl)cc2Cl)cc1. The number of rotatable bonds is 10. The molecular formula is C18H21Cl2NO3. The van der Waals surface area contributed by atoms with Gasteiger partial charge in [-0.2, -0.15) is 0 Å². The second kappa shape index (κ2) is 10.3. The fraction of sp³-hybridized carbons (Fsp3) is 0.333. The van der Waals surface area contributed by atoms with Gasteiger partial charge in [0.15, 0.2) is 0 Å². The van der Waals surface area contributed by atoms with Crippen LogP contribution in [-0.4, -0.2) is 33.0 Å². The molecule has 0 radical (unpaired) electrons. The Bertz CT molecular complexity index is 620. The van der Waals surface area contributed by atoms with Crippen molar-refractivity contribution in [2.24, 2.45) is 0 Å². The van der Waals surface area contributed by atoms with E-state index in [4.69, 9.17) is 37.4 Å². The molecule has 0 unspecified atom stereocenters. The van der Waals surface area contributed by atoms with Gasteiger partial charge in [0, 0.05) is 23.9 Å². The highest BCUT2D eigenvalue weighted by atomic mass is 35.5. The second-order valence-electron chi connectivity index (χ2n) is 4.92. The number of hydrogen-bond acceptors (Lipinski definition) is 4. The normalized spacial score (nSPS) is 10.5. The lowest BCUT2D eigenvalue weighted by molar-refractivity contribution is 0.110. The lowest BCUT2D eigenvalue weighted by Gasteiger charge is -2.11. The van der Waals surface area contributed by atoms with E-state index in [0.717, 1.165) is 11.4 Å². The van der Waals surface area contributed by atoms with Crippen LogP contribution in [-0.2, 0) is 4.74 Å². The average Bonchev–Trinajstić information content (AvgIpc) is 2.58. The Labute approximate surface area is 152 Å². The molecule has 0 fully saturated rings. The van der Waals surface area contributed by atoms with Gasteiger partial charge in [0.2, 0.25) is 0 Å². The minimum absolute atomic E-state index is 0.494. The Hall–Kier alpha value is -1.62. The second-order valence-corrected chi connectivity index (χ2v) is 5.76. The van der Waals surface area contributed by atoms with Gasteiger partial charge in [-0.05, 0) is 49.4 Å². The van der Waals surface area contributed by atoms with Gasteiger partial charge < -0.3 is 19.5 Å². The summed E-state index contributed by atoms with van der Waals surface area (Å²) < 4.78 is 16.4. The number of benzene rings is 2. The summed E-state index contributed by atoms with van der Waals surface area (Å²) in [6.07, 6.45) is 0. The zero-order valence-electron chi connectivity index (χ0n) is 13.6. The Morgan fingerprint density at radius 2 is 1.71 bits per heavy atom. The summed E-state index contributed by atoms with van der Waals surface area (Å²) in [6, 6.07) is 12.9. The molecule has 2 aromatic rings. The van der Waals surface area contributed by atoms with Crippen LogP contribution in [0.4, 0.5) is 5.69 Å². The molecule has 0 heterocycles. The lowest BCUT2D eigenvalue weighted by Crippen LogP contribution is -2.11. The third kappa shape index (κ3) is 6.48. The molecule has 130 valence electrons. The molecule has 0 aliphatic heterocycles. The minimum atomic E-state index is 0.494. The summed E-state index contributed by atoms with van der Waals surface area (Å²) in [7, 11) is 0. The summed E-state index contributed by atoms with van der Waals surface area (Å²) >= 11 is 11.9. The topological polar surface area (TPSA) is 39.7 Å². The van der Waals surface area contributed by atoms with Crippen LogP contribution in [0.1, 0.15) is 6.92 Å². The molecule has 4 nitrogen and oxygen atoms in total. The van der Waals surface area contributed by atoms with Gasteiger partial charge in [-0.1, -0.05) is 23.2 Å². The van der Waals surface area contributed by atoms with Crippen LogP contribution in [0.5, 0.6) is 11.5 Å². The van der Waals surface area contributed by atoms with Crippen molar-refractivity contribution in [1.82, 2.24) is 0 Å². The Morgan fingerprint density at radius 1 is 0.917 bits per heavy atom. The first-order chi connectivity index (χ1) is 11.7. The Kier molecular flexibility index (Phi) is 8.02. The largest absolute Gasteiger partial charge is 0.491 e. The van der Waals surface area contributed by atoms with Crippen molar-refractivity contribution in [3.05, 3.63) is 52.5 Å². The van der Waals surface area contributed by atoms with E-state index in [9.17, 15) is 0 Å². The van der Waals surface area contributed by atoms with Crippen LogP contribution in [0.15, 0.2) is 42.5 Å². The van der Waals surface area contributed by atoms with E-state index in [-0.39, 0.29) is 0 Å². The first kappa shape index (κ1) is 18.7. The van der Waals surface area contributed by atoms with Gasteiger partial charge in [-0.25, -0.2) is 0 Å². The van der Waals surface area contributed by atoms with E-state index in [1.807, 2.05) is 31.2 Å². The summed E-state index contributed by atoms with van der Waals surface area (Å²) in [5.41, 5.74) is 0.998. The fourth-order valence-corrected chi connectivity index (χ4v) is 2.44. The smallest absolute Gasteiger partial charge is 0.138 e. The molecule has 0 bridgehead atoms. The van der Waals surface area contributed by atoms with Crippen molar-refractivity contribution in [1.29, 1.82) is 0 Å². The molecule has 1 N–H and O–H groups in total. The molecule has 0 aliphatic rings. The summed E-state index contributed by atoms with van der Waals surface area (Å²) in [4.78, 5) is 0. The van der Waals surface area contributed by atoms with Crippen molar-refractivity contribution >= 4 is 28.9 Å². The standard InChI is InChI=1S/C18H21Cl2NO3/c1-2-22-11-12-23-16-6-4-15(5-7-16)21-9-10-24-18-8-3-14(19)13-17(18)20/h3-8,13,21H,2,9-12H2,1H3. The van der Waals surface area contributed by atoms with E-state index in [2.05, 4.69) is 5.32 Å².